The van der Waals surface area contributed by atoms with Crippen LogP contribution in [0, 0.1) is 10.1 Å². The summed E-state index contributed by atoms with van der Waals surface area (Å²) in [5.41, 5.74) is 2.29. The fourth-order valence-electron chi connectivity index (χ4n) is 3.23. The summed E-state index contributed by atoms with van der Waals surface area (Å²) < 4.78 is 1.25. The van der Waals surface area contributed by atoms with Crippen LogP contribution in [0.25, 0.3) is 10.2 Å². The number of nitrogens with zero attached hydrogens (tertiary/aromatic N) is 3. The number of benzene rings is 2. The number of nitro groups is 1. The van der Waals surface area contributed by atoms with E-state index in [1.54, 1.807) is 23.5 Å². The fourth-order valence-corrected chi connectivity index (χ4v) is 4.37. The molecule has 1 fully saturated rings. The Balaban J connectivity index is 1.45. The van der Waals surface area contributed by atoms with Gasteiger partial charge in [0.25, 0.3) is 5.69 Å². The zero-order valence-corrected chi connectivity index (χ0v) is 13.9. The minimum Gasteiger partial charge on any atom is -0.371 e. The maximum Gasteiger partial charge on any atom is 0.269 e. The van der Waals surface area contributed by atoms with Crippen molar-refractivity contribution < 1.29 is 4.92 Å². The van der Waals surface area contributed by atoms with Gasteiger partial charge in [0.05, 0.1) is 20.1 Å². The molecule has 1 aliphatic heterocycles. The summed E-state index contributed by atoms with van der Waals surface area (Å²) in [6.07, 6.45) is 2.13. The van der Waals surface area contributed by atoms with Gasteiger partial charge in [-0.2, -0.15) is 0 Å². The van der Waals surface area contributed by atoms with Crippen molar-refractivity contribution in [3.05, 3.63) is 63.7 Å². The van der Waals surface area contributed by atoms with E-state index in [0.29, 0.717) is 5.92 Å². The van der Waals surface area contributed by atoms with Crippen molar-refractivity contribution in [1.29, 1.82) is 0 Å². The van der Waals surface area contributed by atoms with Crippen LogP contribution in [0.4, 0.5) is 11.4 Å². The lowest BCUT2D eigenvalue weighted by Crippen LogP contribution is -2.32. The summed E-state index contributed by atoms with van der Waals surface area (Å²) in [6, 6.07) is 15.1. The van der Waals surface area contributed by atoms with Crippen LogP contribution in [0.2, 0.25) is 0 Å². The first kappa shape index (κ1) is 15.1. The molecule has 6 heteroatoms. The third kappa shape index (κ3) is 2.85. The molecule has 0 radical (unpaired) electrons. The van der Waals surface area contributed by atoms with Gasteiger partial charge in [-0.25, -0.2) is 4.98 Å². The van der Waals surface area contributed by atoms with E-state index in [1.807, 2.05) is 18.2 Å². The van der Waals surface area contributed by atoms with Gasteiger partial charge in [-0.15, -0.1) is 11.3 Å². The number of piperidine rings is 1. The third-order valence-electron chi connectivity index (χ3n) is 4.58. The van der Waals surface area contributed by atoms with E-state index in [4.69, 9.17) is 4.98 Å². The van der Waals surface area contributed by atoms with Gasteiger partial charge in [-0.1, -0.05) is 12.1 Å². The average molecular weight is 339 g/mol. The number of non-ortho nitro benzene ring substituents is 1. The van der Waals surface area contributed by atoms with Crippen molar-refractivity contribution in [3.63, 3.8) is 0 Å². The lowest BCUT2D eigenvalue weighted by molar-refractivity contribution is -0.384. The summed E-state index contributed by atoms with van der Waals surface area (Å²) in [5.74, 6) is 0.511. The smallest absolute Gasteiger partial charge is 0.269 e. The van der Waals surface area contributed by atoms with E-state index in [0.717, 1.165) is 37.1 Å². The molecule has 0 bridgehead atoms. The van der Waals surface area contributed by atoms with E-state index < -0.39 is 0 Å². The Labute approximate surface area is 143 Å². The van der Waals surface area contributed by atoms with E-state index >= 15 is 0 Å². The topological polar surface area (TPSA) is 59.3 Å². The van der Waals surface area contributed by atoms with E-state index in [2.05, 4.69) is 23.1 Å². The SMILES string of the molecule is O=[N+]([O-])c1ccc(N2CCC(c3nc4ccccc4s3)CC2)cc1. The minimum atomic E-state index is -0.358. The van der Waals surface area contributed by atoms with Crippen molar-refractivity contribution in [1.82, 2.24) is 4.98 Å². The Bertz CT molecular complexity index is 834. The van der Waals surface area contributed by atoms with Crippen LogP contribution in [0.5, 0.6) is 0 Å². The molecule has 0 saturated carbocycles. The number of anilines is 1. The predicted octanol–water partition coefficient (Wildman–Crippen LogP) is 4.59. The van der Waals surface area contributed by atoms with Crippen molar-refractivity contribution in [2.75, 3.05) is 18.0 Å². The Morgan fingerprint density at radius 1 is 1.08 bits per heavy atom. The highest BCUT2D eigenvalue weighted by Gasteiger charge is 2.23. The van der Waals surface area contributed by atoms with Gasteiger partial charge in [-0.3, -0.25) is 10.1 Å². The first-order valence-electron chi connectivity index (χ1n) is 8.05. The van der Waals surface area contributed by atoms with Crippen LogP contribution in [-0.4, -0.2) is 23.0 Å². The van der Waals surface area contributed by atoms with Crippen molar-refractivity contribution >= 4 is 32.9 Å². The molecule has 0 N–H and O–H groups in total. The number of fused-ring (bicyclic) bond motifs is 1. The fraction of sp³-hybridized carbons (Fsp3) is 0.278. The molecule has 0 spiro atoms. The first-order chi connectivity index (χ1) is 11.7. The van der Waals surface area contributed by atoms with E-state index in [9.17, 15) is 10.1 Å². The number of hydrogen-bond donors (Lipinski definition) is 0. The highest BCUT2D eigenvalue weighted by molar-refractivity contribution is 7.18. The molecule has 4 rings (SSSR count). The Hall–Kier alpha value is -2.47. The summed E-state index contributed by atoms with van der Waals surface area (Å²) in [5, 5.41) is 12.0. The Morgan fingerprint density at radius 2 is 1.79 bits per heavy atom. The molecular weight excluding hydrogens is 322 g/mol. The summed E-state index contributed by atoms with van der Waals surface area (Å²) in [4.78, 5) is 17.5. The van der Waals surface area contributed by atoms with Crippen LogP contribution >= 0.6 is 11.3 Å². The van der Waals surface area contributed by atoms with Crippen molar-refractivity contribution in [3.8, 4) is 0 Å². The second-order valence-corrected chi connectivity index (χ2v) is 7.12. The predicted molar refractivity (Wildman–Crippen MR) is 96.9 cm³/mol. The zero-order valence-electron chi connectivity index (χ0n) is 13.1. The van der Waals surface area contributed by atoms with Crippen molar-refractivity contribution in [2.24, 2.45) is 0 Å². The van der Waals surface area contributed by atoms with Crippen LogP contribution in [0.3, 0.4) is 0 Å². The highest BCUT2D eigenvalue weighted by atomic mass is 32.1. The number of nitro benzene ring substituents is 1. The maximum absolute atomic E-state index is 10.7. The maximum atomic E-state index is 10.7. The highest BCUT2D eigenvalue weighted by Crippen LogP contribution is 2.35. The molecule has 122 valence electrons. The molecule has 2 aromatic carbocycles. The van der Waals surface area contributed by atoms with Gasteiger partial charge in [0, 0.05) is 36.8 Å². The average Bonchev–Trinajstić information content (AvgIpc) is 3.06. The van der Waals surface area contributed by atoms with Gasteiger partial charge >= 0.3 is 0 Å². The second-order valence-electron chi connectivity index (χ2n) is 6.05. The van der Waals surface area contributed by atoms with E-state index in [1.165, 1.54) is 9.71 Å². The Morgan fingerprint density at radius 3 is 2.46 bits per heavy atom. The number of aromatic nitrogens is 1. The molecule has 1 saturated heterocycles. The van der Waals surface area contributed by atoms with E-state index in [-0.39, 0.29) is 10.6 Å². The molecule has 1 aliphatic rings. The molecule has 0 aliphatic carbocycles. The normalized spacial score (nSPS) is 15.8. The third-order valence-corrected chi connectivity index (χ3v) is 5.78. The van der Waals surface area contributed by atoms with Gasteiger partial charge < -0.3 is 4.90 Å². The largest absolute Gasteiger partial charge is 0.371 e. The zero-order chi connectivity index (χ0) is 16.5. The first-order valence-corrected chi connectivity index (χ1v) is 8.87. The van der Waals surface area contributed by atoms with Gasteiger partial charge in [0.2, 0.25) is 0 Å². The van der Waals surface area contributed by atoms with Crippen LogP contribution in [0.15, 0.2) is 48.5 Å². The molecule has 0 amide bonds. The molecular formula is C18H17N3O2S. The van der Waals surface area contributed by atoms with Crippen LogP contribution in [0.1, 0.15) is 23.8 Å². The molecule has 1 aromatic heterocycles. The number of hydrogen-bond acceptors (Lipinski definition) is 5. The van der Waals surface area contributed by atoms with Crippen molar-refractivity contribution in [2.45, 2.75) is 18.8 Å². The summed E-state index contributed by atoms with van der Waals surface area (Å²) in [7, 11) is 0. The molecule has 24 heavy (non-hydrogen) atoms. The number of thiazole rings is 1. The monoisotopic (exact) mass is 339 g/mol. The standard InChI is InChI=1S/C18H17N3O2S/c22-21(23)15-7-5-14(6-8-15)20-11-9-13(10-12-20)18-19-16-3-1-2-4-17(16)24-18/h1-8,13H,9-12H2. The number of para-hydroxylation sites is 1. The van der Waals surface area contributed by atoms with Gasteiger partial charge in [-0.05, 0) is 37.1 Å². The summed E-state index contributed by atoms with van der Waals surface area (Å²) in [6.45, 7) is 1.91. The van der Waals surface area contributed by atoms with Gasteiger partial charge in [0.1, 0.15) is 0 Å². The molecule has 3 aromatic rings. The quantitative estimate of drug-likeness (QED) is 0.517. The Kier molecular flexibility index (Phi) is 3.90. The molecule has 2 heterocycles. The number of rotatable bonds is 3. The minimum absolute atomic E-state index is 0.142. The second kappa shape index (κ2) is 6.20. The van der Waals surface area contributed by atoms with Crippen LogP contribution in [-0.2, 0) is 0 Å². The van der Waals surface area contributed by atoms with Gasteiger partial charge in [0.15, 0.2) is 0 Å². The molecule has 0 atom stereocenters. The molecule has 5 nitrogen and oxygen atoms in total. The lowest BCUT2D eigenvalue weighted by Gasteiger charge is -2.32. The lowest BCUT2D eigenvalue weighted by atomic mass is 9.97. The molecule has 0 unspecified atom stereocenters. The van der Waals surface area contributed by atoms with Crippen LogP contribution < -0.4 is 4.90 Å². The summed E-state index contributed by atoms with van der Waals surface area (Å²) >= 11 is 1.80.